The van der Waals surface area contributed by atoms with E-state index in [0.29, 0.717) is 5.92 Å². The highest BCUT2D eigenvalue weighted by Crippen LogP contribution is 2.23. The van der Waals surface area contributed by atoms with Gasteiger partial charge in [-0.2, -0.15) is 0 Å². The first kappa shape index (κ1) is 15.7. The molecule has 0 aliphatic rings. The Hall–Kier alpha value is -0.260. The molecule has 0 saturated carbocycles. The van der Waals surface area contributed by atoms with Crippen LogP contribution in [0.1, 0.15) is 67.2 Å². The van der Waals surface area contributed by atoms with Gasteiger partial charge < -0.3 is 0 Å². The van der Waals surface area contributed by atoms with Crippen molar-refractivity contribution in [1.29, 1.82) is 0 Å². The van der Waals surface area contributed by atoms with E-state index in [-0.39, 0.29) is 0 Å². The summed E-state index contributed by atoms with van der Waals surface area (Å²) in [7, 11) is 0. The molecule has 0 aliphatic carbocycles. The molecule has 0 saturated heterocycles. The average Bonchev–Trinajstić information content (AvgIpc) is 2.21. The molecule has 0 aromatic heterocycles. The summed E-state index contributed by atoms with van der Waals surface area (Å²) in [5, 5.41) is 0. The first-order valence-electron chi connectivity index (χ1n) is 7.15. The lowest BCUT2D eigenvalue weighted by atomic mass is 9.87. The molecule has 0 nitrogen and oxygen atoms in total. The van der Waals surface area contributed by atoms with E-state index in [1.807, 2.05) is 0 Å². The van der Waals surface area contributed by atoms with Gasteiger partial charge in [-0.1, -0.05) is 60.1 Å². The smallest absolute Gasteiger partial charge is 0.0233 e. The summed E-state index contributed by atoms with van der Waals surface area (Å²) in [4.78, 5) is 0. The van der Waals surface area contributed by atoms with Crippen LogP contribution in [0.15, 0.2) is 12.2 Å². The fourth-order valence-corrected chi connectivity index (χ4v) is 1.90. The Bertz CT molecular complexity index is 176. The summed E-state index contributed by atoms with van der Waals surface area (Å²) >= 11 is 0. The highest BCUT2D eigenvalue weighted by Gasteiger charge is 2.10. The Morgan fingerprint density at radius 3 is 1.88 bits per heavy atom. The number of rotatable bonds is 8. The molecule has 0 radical (unpaired) electrons. The molecule has 0 aliphatic heterocycles. The first-order chi connectivity index (χ1) is 7.47. The zero-order chi connectivity index (χ0) is 12.6. The fraction of sp³-hybridized carbons (Fsp3) is 0.875. The molecule has 0 spiro atoms. The van der Waals surface area contributed by atoms with Crippen molar-refractivity contribution in [2.75, 3.05) is 0 Å². The summed E-state index contributed by atoms with van der Waals surface area (Å²) < 4.78 is 0. The Kier molecular flexibility index (Phi) is 8.70. The van der Waals surface area contributed by atoms with Crippen LogP contribution in [0.4, 0.5) is 0 Å². The second-order valence-corrected chi connectivity index (χ2v) is 5.98. The molecule has 0 fully saturated rings. The maximum absolute atomic E-state index is 2.46. The topological polar surface area (TPSA) is 0 Å². The van der Waals surface area contributed by atoms with Crippen molar-refractivity contribution in [3.63, 3.8) is 0 Å². The van der Waals surface area contributed by atoms with Crippen LogP contribution in [0.2, 0.25) is 0 Å². The highest BCUT2D eigenvalue weighted by atomic mass is 14.2. The lowest BCUT2D eigenvalue weighted by Gasteiger charge is -2.18. The average molecular weight is 224 g/mol. The molecule has 0 heterocycles. The Morgan fingerprint density at radius 2 is 1.44 bits per heavy atom. The van der Waals surface area contributed by atoms with Crippen LogP contribution < -0.4 is 0 Å². The molecule has 0 N–H and O–H groups in total. The summed E-state index contributed by atoms with van der Waals surface area (Å²) in [5.74, 6) is 3.21. The van der Waals surface area contributed by atoms with Gasteiger partial charge in [-0.05, 0) is 42.9 Å². The van der Waals surface area contributed by atoms with Gasteiger partial charge in [0.1, 0.15) is 0 Å². The maximum Gasteiger partial charge on any atom is -0.0233 e. The standard InChI is InChI=1S/C16H32/c1-7-8-16(11-9-13(2)3)12-10-15(6)14(4)5/h9,11,13-16H,7-8,10,12H2,1-6H3. The Labute approximate surface area is 104 Å². The van der Waals surface area contributed by atoms with Gasteiger partial charge in [0.15, 0.2) is 0 Å². The molecular formula is C16H32. The normalized spacial score (nSPS) is 16.2. The summed E-state index contributed by atoms with van der Waals surface area (Å²) in [6, 6.07) is 0. The van der Waals surface area contributed by atoms with Gasteiger partial charge in [0, 0.05) is 0 Å². The SMILES string of the molecule is CCCC(C=CC(C)C)CCC(C)C(C)C. The summed E-state index contributed by atoms with van der Waals surface area (Å²) in [6.07, 6.45) is 10.2. The molecule has 0 aromatic carbocycles. The minimum atomic E-state index is 0.696. The molecule has 2 unspecified atom stereocenters. The third-order valence-electron chi connectivity index (χ3n) is 3.56. The van der Waals surface area contributed by atoms with E-state index in [0.717, 1.165) is 17.8 Å². The van der Waals surface area contributed by atoms with Crippen molar-refractivity contribution in [3.8, 4) is 0 Å². The third-order valence-corrected chi connectivity index (χ3v) is 3.56. The predicted molar refractivity (Wildman–Crippen MR) is 75.6 cm³/mol. The number of allylic oxidation sites excluding steroid dienone is 2. The van der Waals surface area contributed by atoms with Crippen molar-refractivity contribution in [2.45, 2.75) is 67.2 Å². The number of hydrogen-bond donors (Lipinski definition) is 0. The van der Waals surface area contributed by atoms with Crippen molar-refractivity contribution in [2.24, 2.45) is 23.7 Å². The van der Waals surface area contributed by atoms with Crippen LogP contribution >= 0.6 is 0 Å². The second kappa shape index (κ2) is 8.84. The molecule has 0 heteroatoms. The van der Waals surface area contributed by atoms with E-state index in [1.54, 1.807) is 0 Å². The maximum atomic E-state index is 2.46. The van der Waals surface area contributed by atoms with Gasteiger partial charge in [0.05, 0.1) is 0 Å². The van der Waals surface area contributed by atoms with Crippen molar-refractivity contribution in [1.82, 2.24) is 0 Å². The van der Waals surface area contributed by atoms with Crippen LogP contribution in [0, 0.1) is 23.7 Å². The van der Waals surface area contributed by atoms with Crippen LogP contribution in [0.5, 0.6) is 0 Å². The van der Waals surface area contributed by atoms with Gasteiger partial charge >= 0.3 is 0 Å². The van der Waals surface area contributed by atoms with E-state index in [4.69, 9.17) is 0 Å². The molecule has 0 rings (SSSR count). The quantitative estimate of drug-likeness (QED) is 0.465. The molecule has 0 amide bonds. The fourth-order valence-electron chi connectivity index (χ4n) is 1.90. The minimum Gasteiger partial charge on any atom is -0.0857 e. The molecular weight excluding hydrogens is 192 g/mol. The van der Waals surface area contributed by atoms with E-state index in [2.05, 4.69) is 53.7 Å². The largest absolute Gasteiger partial charge is 0.0857 e. The molecule has 2 atom stereocenters. The van der Waals surface area contributed by atoms with Crippen molar-refractivity contribution < 1.29 is 0 Å². The zero-order valence-corrected chi connectivity index (χ0v) is 12.3. The lowest BCUT2D eigenvalue weighted by Crippen LogP contribution is -2.07. The van der Waals surface area contributed by atoms with E-state index in [1.165, 1.54) is 25.7 Å². The van der Waals surface area contributed by atoms with Gasteiger partial charge in [-0.15, -0.1) is 0 Å². The van der Waals surface area contributed by atoms with Crippen LogP contribution in [0.25, 0.3) is 0 Å². The lowest BCUT2D eigenvalue weighted by molar-refractivity contribution is 0.354. The van der Waals surface area contributed by atoms with E-state index in [9.17, 15) is 0 Å². The summed E-state index contributed by atoms with van der Waals surface area (Å²) in [5.41, 5.74) is 0. The van der Waals surface area contributed by atoms with Gasteiger partial charge in [-0.25, -0.2) is 0 Å². The monoisotopic (exact) mass is 224 g/mol. The molecule has 0 aromatic rings. The summed E-state index contributed by atoms with van der Waals surface area (Å²) in [6.45, 7) is 13.9. The third kappa shape index (κ3) is 7.96. The van der Waals surface area contributed by atoms with Gasteiger partial charge in [0.25, 0.3) is 0 Å². The number of hydrogen-bond acceptors (Lipinski definition) is 0. The van der Waals surface area contributed by atoms with Crippen LogP contribution in [-0.4, -0.2) is 0 Å². The molecule has 0 bridgehead atoms. The van der Waals surface area contributed by atoms with Crippen LogP contribution in [-0.2, 0) is 0 Å². The van der Waals surface area contributed by atoms with Crippen LogP contribution in [0.3, 0.4) is 0 Å². The second-order valence-electron chi connectivity index (χ2n) is 5.98. The molecule has 96 valence electrons. The Balaban J connectivity index is 4.03. The minimum absolute atomic E-state index is 0.696. The predicted octanol–water partition coefficient (Wildman–Crippen LogP) is 5.69. The van der Waals surface area contributed by atoms with Crippen molar-refractivity contribution >= 4 is 0 Å². The van der Waals surface area contributed by atoms with Gasteiger partial charge in [0.2, 0.25) is 0 Å². The highest BCUT2D eigenvalue weighted by molar-refractivity contribution is 4.90. The van der Waals surface area contributed by atoms with Gasteiger partial charge in [-0.3, -0.25) is 0 Å². The van der Waals surface area contributed by atoms with E-state index < -0.39 is 0 Å². The Morgan fingerprint density at radius 1 is 0.812 bits per heavy atom. The van der Waals surface area contributed by atoms with E-state index >= 15 is 0 Å². The zero-order valence-electron chi connectivity index (χ0n) is 12.3. The first-order valence-corrected chi connectivity index (χ1v) is 7.15. The molecule has 16 heavy (non-hydrogen) atoms. The van der Waals surface area contributed by atoms with Crippen molar-refractivity contribution in [3.05, 3.63) is 12.2 Å².